The molecule has 1 atom stereocenters. The van der Waals surface area contributed by atoms with Crippen LogP contribution in [-0.2, 0) is 0 Å². The highest BCUT2D eigenvalue weighted by molar-refractivity contribution is 5.54. The number of anilines is 2. The summed E-state index contributed by atoms with van der Waals surface area (Å²) < 4.78 is 2.18. The number of nitrogens with two attached hydrogens (primary N) is 1. The predicted molar refractivity (Wildman–Crippen MR) is 85.6 cm³/mol. The SMILES string of the molecule is Nc1nc(N2CCC[C@H](c3nncn3C3CC3)C2)ncc1[N+](=O)[O-]. The summed E-state index contributed by atoms with van der Waals surface area (Å²) in [5.74, 6) is 1.59. The van der Waals surface area contributed by atoms with E-state index in [0.29, 0.717) is 18.5 Å². The fraction of sp³-hybridized carbons (Fsp3) is 0.571. The standard InChI is InChI=1S/C14H18N8O2/c15-12-11(22(23)24)6-16-14(18-12)20-5-1-2-9(7-20)13-19-17-8-21(13)10-3-4-10/h6,8-10H,1-5,7H2,(H2,15,16,18)/t9-/m0/s1. The summed E-state index contributed by atoms with van der Waals surface area (Å²) in [5.41, 5.74) is 5.42. The van der Waals surface area contributed by atoms with Gasteiger partial charge in [0.2, 0.25) is 11.8 Å². The van der Waals surface area contributed by atoms with Crippen molar-refractivity contribution in [3.63, 3.8) is 0 Å². The number of rotatable bonds is 4. The lowest BCUT2D eigenvalue weighted by Gasteiger charge is -2.32. The van der Waals surface area contributed by atoms with Crippen molar-refractivity contribution < 1.29 is 4.92 Å². The smallest absolute Gasteiger partial charge is 0.329 e. The van der Waals surface area contributed by atoms with Crippen LogP contribution in [0.25, 0.3) is 0 Å². The third kappa shape index (κ3) is 2.63. The minimum Gasteiger partial charge on any atom is -0.378 e. The Morgan fingerprint density at radius 1 is 1.33 bits per heavy atom. The molecule has 2 fully saturated rings. The Morgan fingerprint density at radius 2 is 2.17 bits per heavy atom. The average molecular weight is 330 g/mol. The van der Waals surface area contributed by atoms with Gasteiger partial charge in [-0.05, 0) is 25.7 Å². The summed E-state index contributed by atoms with van der Waals surface area (Å²) >= 11 is 0. The molecular weight excluding hydrogens is 312 g/mol. The Morgan fingerprint density at radius 3 is 2.88 bits per heavy atom. The molecule has 1 saturated heterocycles. The lowest BCUT2D eigenvalue weighted by atomic mass is 9.97. The van der Waals surface area contributed by atoms with Crippen LogP contribution in [0.4, 0.5) is 17.5 Å². The third-order valence-corrected chi connectivity index (χ3v) is 4.59. The second-order valence-electron chi connectivity index (χ2n) is 6.31. The van der Waals surface area contributed by atoms with Crippen molar-refractivity contribution in [1.82, 2.24) is 24.7 Å². The first-order valence-corrected chi connectivity index (χ1v) is 8.04. The molecule has 0 unspecified atom stereocenters. The molecule has 2 aromatic rings. The molecule has 1 aliphatic heterocycles. The fourth-order valence-corrected chi connectivity index (χ4v) is 3.22. The van der Waals surface area contributed by atoms with Crippen LogP contribution < -0.4 is 10.6 Å². The molecule has 1 saturated carbocycles. The van der Waals surface area contributed by atoms with Crippen molar-refractivity contribution in [2.24, 2.45) is 0 Å². The van der Waals surface area contributed by atoms with E-state index in [1.54, 1.807) is 0 Å². The molecule has 2 aromatic heterocycles. The van der Waals surface area contributed by atoms with Gasteiger partial charge >= 0.3 is 5.69 Å². The Labute approximate surface area is 137 Å². The van der Waals surface area contributed by atoms with Crippen molar-refractivity contribution in [1.29, 1.82) is 0 Å². The summed E-state index contributed by atoms with van der Waals surface area (Å²) in [5, 5.41) is 19.2. The molecule has 3 heterocycles. The number of piperidine rings is 1. The van der Waals surface area contributed by atoms with E-state index >= 15 is 0 Å². The molecule has 24 heavy (non-hydrogen) atoms. The van der Waals surface area contributed by atoms with E-state index in [2.05, 4.69) is 24.7 Å². The van der Waals surface area contributed by atoms with Crippen molar-refractivity contribution >= 4 is 17.5 Å². The molecule has 10 heteroatoms. The van der Waals surface area contributed by atoms with E-state index in [4.69, 9.17) is 5.73 Å². The molecule has 4 rings (SSSR count). The van der Waals surface area contributed by atoms with Crippen molar-refractivity contribution in [2.75, 3.05) is 23.7 Å². The highest BCUT2D eigenvalue weighted by Crippen LogP contribution is 2.38. The molecule has 126 valence electrons. The van der Waals surface area contributed by atoms with Crippen molar-refractivity contribution in [3.8, 4) is 0 Å². The largest absolute Gasteiger partial charge is 0.378 e. The van der Waals surface area contributed by atoms with Crippen LogP contribution in [0.5, 0.6) is 0 Å². The van der Waals surface area contributed by atoms with Gasteiger partial charge in [0.25, 0.3) is 0 Å². The molecule has 0 radical (unpaired) electrons. The van der Waals surface area contributed by atoms with E-state index < -0.39 is 4.92 Å². The maximum atomic E-state index is 10.8. The normalized spacial score (nSPS) is 21.0. The minimum atomic E-state index is -0.573. The van der Waals surface area contributed by atoms with Crippen LogP contribution in [0.1, 0.15) is 43.5 Å². The second-order valence-corrected chi connectivity index (χ2v) is 6.31. The number of nitrogen functional groups attached to an aromatic ring is 1. The maximum absolute atomic E-state index is 10.8. The van der Waals surface area contributed by atoms with Gasteiger partial charge in [0.15, 0.2) is 0 Å². The molecular formula is C14H18N8O2. The Balaban J connectivity index is 1.55. The first-order chi connectivity index (χ1) is 11.6. The van der Waals surface area contributed by atoms with Gasteiger partial charge in [-0.1, -0.05) is 0 Å². The number of nitrogens with zero attached hydrogens (tertiary/aromatic N) is 7. The average Bonchev–Trinajstić information content (AvgIpc) is 3.31. The number of hydrogen-bond acceptors (Lipinski definition) is 8. The quantitative estimate of drug-likeness (QED) is 0.655. The lowest BCUT2D eigenvalue weighted by Crippen LogP contribution is -2.36. The molecule has 2 aliphatic rings. The highest BCUT2D eigenvalue weighted by Gasteiger charge is 2.32. The number of aromatic nitrogens is 5. The molecule has 0 spiro atoms. The predicted octanol–water partition coefficient (Wildman–Crippen LogP) is 1.28. The Hall–Kier alpha value is -2.78. The van der Waals surface area contributed by atoms with Gasteiger partial charge in [-0.2, -0.15) is 4.98 Å². The maximum Gasteiger partial charge on any atom is 0.329 e. The van der Waals surface area contributed by atoms with Crippen LogP contribution in [0.3, 0.4) is 0 Å². The molecule has 10 nitrogen and oxygen atoms in total. The third-order valence-electron chi connectivity index (χ3n) is 4.59. The zero-order chi connectivity index (χ0) is 16.7. The van der Waals surface area contributed by atoms with Gasteiger partial charge in [-0.15, -0.1) is 10.2 Å². The van der Waals surface area contributed by atoms with Gasteiger partial charge in [0, 0.05) is 25.0 Å². The van der Waals surface area contributed by atoms with Gasteiger partial charge in [-0.25, -0.2) is 4.98 Å². The van der Waals surface area contributed by atoms with Crippen molar-refractivity contribution in [3.05, 3.63) is 28.5 Å². The van der Waals surface area contributed by atoms with E-state index in [1.807, 2.05) is 11.2 Å². The van der Waals surface area contributed by atoms with Gasteiger partial charge < -0.3 is 15.2 Å². The molecule has 0 bridgehead atoms. The monoisotopic (exact) mass is 330 g/mol. The fourth-order valence-electron chi connectivity index (χ4n) is 3.22. The zero-order valence-corrected chi connectivity index (χ0v) is 13.1. The van der Waals surface area contributed by atoms with E-state index in [-0.39, 0.29) is 17.4 Å². The highest BCUT2D eigenvalue weighted by atomic mass is 16.6. The van der Waals surface area contributed by atoms with Gasteiger partial charge in [0.1, 0.15) is 18.3 Å². The Bertz CT molecular complexity index is 772. The van der Waals surface area contributed by atoms with E-state index in [1.165, 1.54) is 19.0 Å². The van der Waals surface area contributed by atoms with Crippen molar-refractivity contribution in [2.45, 2.75) is 37.6 Å². The first-order valence-electron chi connectivity index (χ1n) is 8.04. The summed E-state index contributed by atoms with van der Waals surface area (Å²) in [7, 11) is 0. The molecule has 2 N–H and O–H groups in total. The van der Waals surface area contributed by atoms with Crippen LogP contribution in [0.2, 0.25) is 0 Å². The van der Waals surface area contributed by atoms with Crippen LogP contribution >= 0.6 is 0 Å². The first kappa shape index (κ1) is 14.8. The molecule has 0 aromatic carbocycles. The van der Waals surface area contributed by atoms with Gasteiger partial charge in [0.05, 0.1) is 4.92 Å². The van der Waals surface area contributed by atoms with E-state index in [9.17, 15) is 10.1 Å². The van der Waals surface area contributed by atoms with Crippen LogP contribution in [0.15, 0.2) is 12.5 Å². The van der Waals surface area contributed by atoms with Crippen LogP contribution in [-0.4, -0.2) is 42.7 Å². The summed E-state index contributed by atoms with van der Waals surface area (Å²) in [6.07, 6.45) is 7.36. The minimum absolute atomic E-state index is 0.103. The van der Waals surface area contributed by atoms with E-state index in [0.717, 1.165) is 25.2 Å². The van der Waals surface area contributed by atoms with Gasteiger partial charge in [-0.3, -0.25) is 10.1 Å². The molecule has 1 aliphatic carbocycles. The lowest BCUT2D eigenvalue weighted by molar-refractivity contribution is -0.384. The molecule has 0 amide bonds. The zero-order valence-electron chi connectivity index (χ0n) is 13.1. The number of hydrogen-bond donors (Lipinski definition) is 1. The van der Waals surface area contributed by atoms with Crippen LogP contribution in [0, 0.1) is 10.1 Å². The summed E-state index contributed by atoms with van der Waals surface area (Å²) in [4.78, 5) is 20.5. The summed E-state index contributed by atoms with van der Waals surface area (Å²) in [6, 6.07) is 0.539. The Kier molecular flexibility index (Phi) is 3.51. The second kappa shape index (κ2) is 5.69. The number of nitro groups is 1. The summed E-state index contributed by atoms with van der Waals surface area (Å²) in [6.45, 7) is 1.51. The topological polar surface area (TPSA) is 129 Å².